The molecule has 4 nitrogen and oxygen atoms in total. The molecule has 0 fully saturated rings. The van der Waals surface area contributed by atoms with Crippen LogP contribution in [0.2, 0.25) is 0 Å². The summed E-state index contributed by atoms with van der Waals surface area (Å²) in [6.07, 6.45) is 0.688. The van der Waals surface area contributed by atoms with Crippen molar-refractivity contribution in [1.82, 2.24) is 4.90 Å². The molecule has 0 atom stereocenters. The normalized spacial score (nSPS) is 10.2. The van der Waals surface area contributed by atoms with E-state index in [9.17, 15) is 4.79 Å². The standard InChI is InChI=1S/C16H22N2O2/c1-13(2)14-5-7-15(8-6-14)20-12-9-16(19)18(3)11-4-10-17/h5-8,13H,4,9,11-12H2,1-3H3. The zero-order chi connectivity index (χ0) is 15.0. The van der Waals surface area contributed by atoms with E-state index >= 15 is 0 Å². The van der Waals surface area contributed by atoms with Gasteiger partial charge >= 0.3 is 0 Å². The fraction of sp³-hybridized carbons (Fsp3) is 0.500. The van der Waals surface area contributed by atoms with Gasteiger partial charge in [0.05, 0.1) is 25.5 Å². The minimum Gasteiger partial charge on any atom is -0.493 e. The monoisotopic (exact) mass is 274 g/mol. The second-order valence-corrected chi connectivity index (χ2v) is 5.05. The van der Waals surface area contributed by atoms with Crippen LogP contribution in [-0.4, -0.2) is 31.0 Å². The first-order valence-electron chi connectivity index (χ1n) is 6.88. The minimum atomic E-state index is -0.000879. The van der Waals surface area contributed by atoms with Crippen molar-refractivity contribution >= 4 is 5.91 Å². The smallest absolute Gasteiger partial charge is 0.225 e. The molecule has 0 N–H and O–H groups in total. The van der Waals surface area contributed by atoms with Gasteiger partial charge in [-0.1, -0.05) is 26.0 Å². The lowest BCUT2D eigenvalue weighted by molar-refractivity contribution is -0.130. The summed E-state index contributed by atoms with van der Waals surface area (Å²) in [5, 5.41) is 8.47. The second kappa shape index (κ2) is 8.21. The Bertz CT molecular complexity index is 460. The van der Waals surface area contributed by atoms with Crippen LogP contribution in [0.25, 0.3) is 0 Å². The minimum absolute atomic E-state index is 0.000879. The van der Waals surface area contributed by atoms with E-state index in [4.69, 9.17) is 10.00 Å². The third-order valence-corrected chi connectivity index (χ3v) is 3.12. The first-order valence-corrected chi connectivity index (χ1v) is 6.88. The number of carbonyl (C=O) groups is 1. The molecule has 0 saturated heterocycles. The molecule has 0 spiro atoms. The molecule has 1 amide bonds. The van der Waals surface area contributed by atoms with Crippen LogP contribution in [0.3, 0.4) is 0 Å². The predicted molar refractivity (Wildman–Crippen MR) is 78.5 cm³/mol. The van der Waals surface area contributed by atoms with Gasteiger partial charge in [-0.3, -0.25) is 4.79 Å². The molecule has 1 aromatic rings. The van der Waals surface area contributed by atoms with Crippen LogP contribution >= 0.6 is 0 Å². The van der Waals surface area contributed by atoms with Crippen molar-refractivity contribution in [3.05, 3.63) is 29.8 Å². The average molecular weight is 274 g/mol. The molecule has 0 unspecified atom stereocenters. The zero-order valence-corrected chi connectivity index (χ0v) is 12.4. The molecular formula is C16H22N2O2. The molecule has 1 rings (SSSR count). The number of hydrogen-bond donors (Lipinski definition) is 0. The fourth-order valence-electron chi connectivity index (χ4n) is 1.74. The van der Waals surface area contributed by atoms with E-state index in [1.807, 2.05) is 30.3 Å². The lowest BCUT2D eigenvalue weighted by Crippen LogP contribution is -2.28. The average Bonchev–Trinajstić information content (AvgIpc) is 2.45. The van der Waals surface area contributed by atoms with Gasteiger partial charge in [-0.2, -0.15) is 5.26 Å². The van der Waals surface area contributed by atoms with E-state index in [1.54, 1.807) is 11.9 Å². The fourth-order valence-corrected chi connectivity index (χ4v) is 1.74. The van der Waals surface area contributed by atoms with Gasteiger partial charge in [0, 0.05) is 13.6 Å². The highest BCUT2D eigenvalue weighted by Crippen LogP contribution is 2.18. The van der Waals surface area contributed by atoms with Gasteiger partial charge in [0.15, 0.2) is 0 Å². The van der Waals surface area contributed by atoms with Crippen molar-refractivity contribution in [2.75, 3.05) is 20.2 Å². The lowest BCUT2D eigenvalue weighted by atomic mass is 10.0. The van der Waals surface area contributed by atoms with Gasteiger partial charge in [-0.25, -0.2) is 0 Å². The number of ether oxygens (including phenoxy) is 1. The largest absolute Gasteiger partial charge is 0.493 e. The Morgan fingerprint density at radius 2 is 2.00 bits per heavy atom. The molecule has 0 aliphatic heterocycles. The van der Waals surface area contributed by atoms with E-state index in [2.05, 4.69) is 13.8 Å². The number of benzene rings is 1. The molecule has 0 aliphatic carbocycles. The number of nitriles is 1. The van der Waals surface area contributed by atoms with Crippen molar-refractivity contribution in [2.24, 2.45) is 0 Å². The maximum absolute atomic E-state index is 11.7. The van der Waals surface area contributed by atoms with E-state index in [0.717, 1.165) is 5.75 Å². The summed E-state index contributed by atoms with van der Waals surface area (Å²) in [6.45, 7) is 5.12. The maximum Gasteiger partial charge on any atom is 0.225 e. The summed E-state index contributed by atoms with van der Waals surface area (Å²) in [7, 11) is 1.71. The van der Waals surface area contributed by atoms with Crippen LogP contribution < -0.4 is 4.74 Å². The molecule has 0 heterocycles. The van der Waals surface area contributed by atoms with Crippen LogP contribution in [-0.2, 0) is 4.79 Å². The van der Waals surface area contributed by atoms with E-state index in [0.29, 0.717) is 31.9 Å². The number of carbonyl (C=O) groups excluding carboxylic acids is 1. The molecule has 4 heteroatoms. The van der Waals surface area contributed by atoms with Crippen molar-refractivity contribution in [3.63, 3.8) is 0 Å². The van der Waals surface area contributed by atoms with Gasteiger partial charge in [0.2, 0.25) is 5.91 Å². The molecule has 0 aliphatic rings. The number of rotatable bonds is 7. The van der Waals surface area contributed by atoms with Crippen molar-refractivity contribution in [3.8, 4) is 11.8 Å². The highest BCUT2D eigenvalue weighted by molar-refractivity contribution is 5.75. The third kappa shape index (κ3) is 5.31. The van der Waals surface area contributed by atoms with E-state index in [1.165, 1.54) is 5.56 Å². The van der Waals surface area contributed by atoms with Crippen molar-refractivity contribution in [2.45, 2.75) is 32.6 Å². The van der Waals surface area contributed by atoms with Crippen LogP contribution in [0.4, 0.5) is 0 Å². The van der Waals surface area contributed by atoms with E-state index < -0.39 is 0 Å². The second-order valence-electron chi connectivity index (χ2n) is 5.05. The molecular weight excluding hydrogens is 252 g/mol. The summed E-state index contributed by atoms with van der Waals surface area (Å²) in [5.41, 5.74) is 1.27. The first kappa shape index (κ1) is 16.0. The quantitative estimate of drug-likeness (QED) is 0.768. The zero-order valence-electron chi connectivity index (χ0n) is 12.4. The molecule has 0 aromatic heterocycles. The van der Waals surface area contributed by atoms with Crippen LogP contribution in [0.1, 0.15) is 38.2 Å². The van der Waals surface area contributed by atoms with Gasteiger partial charge in [0.25, 0.3) is 0 Å². The molecule has 108 valence electrons. The van der Waals surface area contributed by atoms with Crippen molar-refractivity contribution < 1.29 is 9.53 Å². The van der Waals surface area contributed by atoms with Crippen molar-refractivity contribution in [1.29, 1.82) is 5.26 Å². The van der Waals surface area contributed by atoms with Gasteiger partial charge in [-0.15, -0.1) is 0 Å². The Labute approximate surface area is 121 Å². The predicted octanol–water partition coefficient (Wildman–Crippen LogP) is 2.95. The Kier molecular flexibility index (Phi) is 6.58. The van der Waals surface area contributed by atoms with E-state index in [-0.39, 0.29) is 5.91 Å². The summed E-state index contributed by atoms with van der Waals surface area (Å²) >= 11 is 0. The number of nitrogens with zero attached hydrogens (tertiary/aromatic N) is 2. The summed E-state index contributed by atoms with van der Waals surface area (Å²) in [5.74, 6) is 1.28. The Morgan fingerprint density at radius 1 is 1.35 bits per heavy atom. The Morgan fingerprint density at radius 3 is 2.55 bits per heavy atom. The van der Waals surface area contributed by atoms with Crippen LogP contribution in [0.5, 0.6) is 5.75 Å². The van der Waals surface area contributed by atoms with Crippen LogP contribution in [0, 0.1) is 11.3 Å². The first-order chi connectivity index (χ1) is 9.54. The van der Waals surface area contributed by atoms with Crippen LogP contribution in [0.15, 0.2) is 24.3 Å². The van der Waals surface area contributed by atoms with Gasteiger partial charge < -0.3 is 9.64 Å². The lowest BCUT2D eigenvalue weighted by Gasteiger charge is -2.15. The summed E-state index contributed by atoms with van der Waals surface area (Å²) in [6, 6.07) is 9.97. The Hall–Kier alpha value is -2.02. The molecule has 1 aromatic carbocycles. The number of amides is 1. The molecule has 0 radical (unpaired) electrons. The molecule has 0 saturated carbocycles. The SMILES string of the molecule is CC(C)c1ccc(OCCC(=O)N(C)CCC#N)cc1. The third-order valence-electron chi connectivity index (χ3n) is 3.12. The van der Waals surface area contributed by atoms with Gasteiger partial charge in [0.1, 0.15) is 5.75 Å². The Balaban J connectivity index is 2.33. The topological polar surface area (TPSA) is 53.3 Å². The molecule has 20 heavy (non-hydrogen) atoms. The number of hydrogen-bond acceptors (Lipinski definition) is 3. The molecule has 0 bridgehead atoms. The highest BCUT2D eigenvalue weighted by Gasteiger charge is 2.08. The summed E-state index contributed by atoms with van der Waals surface area (Å²) < 4.78 is 5.55. The van der Waals surface area contributed by atoms with Gasteiger partial charge in [-0.05, 0) is 23.6 Å². The summed E-state index contributed by atoms with van der Waals surface area (Å²) in [4.78, 5) is 13.3. The maximum atomic E-state index is 11.7. The highest BCUT2D eigenvalue weighted by atomic mass is 16.5.